The van der Waals surface area contributed by atoms with Crippen molar-refractivity contribution < 1.29 is 18.3 Å². The third-order valence-electron chi connectivity index (χ3n) is 3.55. The van der Waals surface area contributed by atoms with Gasteiger partial charge in [0.1, 0.15) is 18.4 Å². The molecule has 1 saturated heterocycles. The Morgan fingerprint density at radius 3 is 2.43 bits per heavy atom. The summed E-state index contributed by atoms with van der Waals surface area (Å²) in [5, 5.41) is 11.2. The molecule has 0 radical (unpaired) electrons. The maximum absolute atomic E-state index is 13.5. The molecule has 1 aromatic heterocycles. The van der Waals surface area contributed by atoms with Crippen molar-refractivity contribution in [1.82, 2.24) is 15.5 Å². The van der Waals surface area contributed by atoms with Gasteiger partial charge in [0.25, 0.3) is 0 Å². The van der Waals surface area contributed by atoms with E-state index in [0.717, 1.165) is 38.1 Å². The number of para-hydroxylation sites is 1. The molecule has 122 valence electrons. The van der Waals surface area contributed by atoms with Crippen molar-refractivity contribution in [1.29, 1.82) is 0 Å². The summed E-state index contributed by atoms with van der Waals surface area (Å²) < 4.78 is 37.8. The Morgan fingerprint density at radius 1 is 1.04 bits per heavy atom. The normalized spacial score (nSPS) is 15.4. The van der Waals surface area contributed by atoms with Crippen molar-refractivity contribution in [2.45, 2.75) is 25.6 Å². The molecule has 3 rings (SSSR count). The molecule has 0 saturated carbocycles. The predicted octanol–water partition coefficient (Wildman–Crippen LogP) is 2.46. The number of nitrogens with one attached hydrogen (secondary N) is 1. The highest BCUT2D eigenvalue weighted by Crippen LogP contribution is 2.22. The quantitative estimate of drug-likeness (QED) is 0.917. The Kier molecular flexibility index (Phi) is 4.97. The van der Waals surface area contributed by atoms with Gasteiger partial charge in [-0.2, -0.15) is 0 Å². The first-order valence-corrected chi connectivity index (χ1v) is 7.49. The predicted molar refractivity (Wildman–Crippen MR) is 79.2 cm³/mol. The molecule has 2 heterocycles. The summed E-state index contributed by atoms with van der Waals surface area (Å²) in [5.41, 5.74) is 0.463. The van der Waals surface area contributed by atoms with Crippen molar-refractivity contribution in [2.75, 3.05) is 13.1 Å². The van der Waals surface area contributed by atoms with Gasteiger partial charge in [-0.15, -0.1) is 10.2 Å². The van der Waals surface area contributed by atoms with Crippen molar-refractivity contribution in [2.24, 2.45) is 0 Å². The third kappa shape index (κ3) is 4.13. The van der Waals surface area contributed by atoms with Gasteiger partial charge in [-0.3, -0.25) is 0 Å². The van der Waals surface area contributed by atoms with Gasteiger partial charge < -0.3 is 14.8 Å². The number of rotatable bonds is 5. The Balaban J connectivity index is 1.57. The van der Waals surface area contributed by atoms with Crippen LogP contribution in [0.25, 0.3) is 0 Å². The molecule has 0 bridgehead atoms. The van der Waals surface area contributed by atoms with Gasteiger partial charge in [0.15, 0.2) is 17.4 Å². The number of piperidine rings is 1. The Labute approximate surface area is 132 Å². The van der Waals surface area contributed by atoms with Crippen LogP contribution in [0.5, 0.6) is 11.6 Å². The molecule has 0 spiro atoms. The van der Waals surface area contributed by atoms with Gasteiger partial charge >= 0.3 is 0 Å². The van der Waals surface area contributed by atoms with Gasteiger partial charge in [-0.1, -0.05) is 6.07 Å². The number of hydrogen-bond acceptors (Lipinski definition) is 5. The molecule has 1 aliphatic rings. The maximum atomic E-state index is 13.5. The van der Waals surface area contributed by atoms with E-state index in [0.29, 0.717) is 11.6 Å². The molecule has 23 heavy (non-hydrogen) atoms. The molecule has 1 aliphatic heterocycles. The average molecular weight is 321 g/mol. The van der Waals surface area contributed by atoms with Crippen molar-refractivity contribution >= 4 is 0 Å². The standard InChI is InChI=1S/C16H17F2N3O2/c17-13-2-1-3-14(18)16(13)22-10-11-4-5-15(21-20-11)23-12-6-8-19-9-7-12/h1-5,12,19H,6-10H2. The fourth-order valence-corrected chi connectivity index (χ4v) is 2.34. The second-order valence-electron chi connectivity index (χ2n) is 5.27. The molecule has 7 heteroatoms. The molecular formula is C16H17F2N3O2. The molecule has 0 unspecified atom stereocenters. The largest absolute Gasteiger partial charge is 0.481 e. The summed E-state index contributed by atoms with van der Waals surface area (Å²) in [6.07, 6.45) is 2.00. The van der Waals surface area contributed by atoms with Crippen LogP contribution in [-0.4, -0.2) is 29.4 Å². The highest BCUT2D eigenvalue weighted by atomic mass is 19.1. The van der Waals surface area contributed by atoms with E-state index in [1.54, 1.807) is 12.1 Å². The summed E-state index contributed by atoms with van der Waals surface area (Å²) in [6.45, 7) is 1.79. The molecule has 0 atom stereocenters. The fraction of sp³-hybridized carbons (Fsp3) is 0.375. The van der Waals surface area contributed by atoms with Crippen molar-refractivity contribution in [3.63, 3.8) is 0 Å². The zero-order valence-electron chi connectivity index (χ0n) is 12.5. The second kappa shape index (κ2) is 7.32. The van der Waals surface area contributed by atoms with E-state index in [1.165, 1.54) is 6.07 Å². The van der Waals surface area contributed by atoms with E-state index < -0.39 is 17.4 Å². The lowest BCUT2D eigenvalue weighted by Crippen LogP contribution is -2.34. The number of halogens is 2. The summed E-state index contributed by atoms with van der Waals surface area (Å²) in [4.78, 5) is 0. The molecule has 1 fully saturated rings. The second-order valence-corrected chi connectivity index (χ2v) is 5.27. The molecule has 1 N–H and O–H groups in total. The molecule has 5 nitrogen and oxygen atoms in total. The van der Waals surface area contributed by atoms with E-state index in [2.05, 4.69) is 15.5 Å². The van der Waals surface area contributed by atoms with E-state index in [-0.39, 0.29) is 12.7 Å². The van der Waals surface area contributed by atoms with Gasteiger partial charge in [-0.05, 0) is 44.1 Å². The first kappa shape index (κ1) is 15.6. The number of aromatic nitrogens is 2. The fourth-order valence-electron chi connectivity index (χ4n) is 2.34. The molecule has 0 amide bonds. The van der Waals surface area contributed by atoms with E-state index in [4.69, 9.17) is 9.47 Å². The van der Waals surface area contributed by atoms with Crippen molar-refractivity contribution in [3.8, 4) is 11.6 Å². The van der Waals surface area contributed by atoms with Crippen LogP contribution in [0.1, 0.15) is 18.5 Å². The number of hydrogen-bond donors (Lipinski definition) is 1. The van der Waals surface area contributed by atoms with Gasteiger partial charge in [0.05, 0.1) is 0 Å². The number of ether oxygens (including phenoxy) is 2. The van der Waals surface area contributed by atoms with Crippen LogP contribution in [-0.2, 0) is 6.61 Å². The lowest BCUT2D eigenvalue weighted by molar-refractivity contribution is 0.154. The van der Waals surface area contributed by atoms with E-state index >= 15 is 0 Å². The highest BCUT2D eigenvalue weighted by Gasteiger charge is 2.15. The van der Waals surface area contributed by atoms with Crippen LogP contribution in [0, 0.1) is 11.6 Å². The van der Waals surface area contributed by atoms with Gasteiger partial charge in [0.2, 0.25) is 5.88 Å². The van der Waals surface area contributed by atoms with E-state index in [1.807, 2.05) is 0 Å². The van der Waals surface area contributed by atoms with Gasteiger partial charge in [-0.25, -0.2) is 8.78 Å². The zero-order valence-corrected chi connectivity index (χ0v) is 12.5. The minimum Gasteiger partial charge on any atom is -0.481 e. The number of nitrogens with zero attached hydrogens (tertiary/aromatic N) is 2. The first-order chi connectivity index (χ1) is 11.2. The number of benzene rings is 1. The SMILES string of the molecule is Fc1cccc(F)c1OCc1ccc(OC2CCNCC2)nn1. The van der Waals surface area contributed by atoms with Crippen LogP contribution in [0.4, 0.5) is 8.78 Å². The smallest absolute Gasteiger partial charge is 0.233 e. The Bertz CT molecular complexity index is 626. The summed E-state index contributed by atoms with van der Waals surface area (Å²) in [7, 11) is 0. The van der Waals surface area contributed by atoms with E-state index in [9.17, 15) is 8.78 Å². The highest BCUT2D eigenvalue weighted by molar-refractivity contribution is 5.26. The monoisotopic (exact) mass is 321 g/mol. The first-order valence-electron chi connectivity index (χ1n) is 7.49. The van der Waals surface area contributed by atoms with Gasteiger partial charge in [0, 0.05) is 6.07 Å². The average Bonchev–Trinajstić information content (AvgIpc) is 2.57. The van der Waals surface area contributed by atoms with Crippen LogP contribution in [0.3, 0.4) is 0 Å². The van der Waals surface area contributed by atoms with Crippen LogP contribution in [0.15, 0.2) is 30.3 Å². The topological polar surface area (TPSA) is 56.3 Å². The summed E-state index contributed by atoms with van der Waals surface area (Å²) >= 11 is 0. The molecule has 0 aliphatic carbocycles. The minimum absolute atomic E-state index is 0.0710. The minimum atomic E-state index is -0.746. The summed E-state index contributed by atoms with van der Waals surface area (Å²) in [6, 6.07) is 6.91. The molecule has 1 aromatic carbocycles. The Morgan fingerprint density at radius 2 is 1.78 bits per heavy atom. The van der Waals surface area contributed by atoms with Crippen molar-refractivity contribution in [3.05, 3.63) is 47.7 Å². The maximum Gasteiger partial charge on any atom is 0.233 e. The third-order valence-corrected chi connectivity index (χ3v) is 3.55. The van der Waals surface area contributed by atoms with Crippen LogP contribution < -0.4 is 14.8 Å². The summed E-state index contributed by atoms with van der Waals surface area (Å²) in [5.74, 6) is -1.46. The van der Waals surface area contributed by atoms with Crippen LogP contribution in [0.2, 0.25) is 0 Å². The Hall–Kier alpha value is -2.28. The van der Waals surface area contributed by atoms with Crippen LogP contribution >= 0.6 is 0 Å². The molecule has 2 aromatic rings. The lowest BCUT2D eigenvalue weighted by atomic mass is 10.1. The molecular weight excluding hydrogens is 304 g/mol. The lowest BCUT2D eigenvalue weighted by Gasteiger charge is -2.22. The zero-order chi connectivity index (χ0) is 16.1.